The molecule has 0 saturated carbocycles. The highest BCUT2D eigenvalue weighted by Crippen LogP contribution is 2.35. The van der Waals surface area contributed by atoms with Gasteiger partial charge in [0.15, 0.2) is 0 Å². The van der Waals surface area contributed by atoms with E-state index in [0.717, 1.165) is 16.8 Å². The Morgan fingerprint density at radius 2 is 1.58 bits per heavy atom. The highest BCUT2D eigenvalue weighted by Gasteiger charge is 2.46. The van der Waals surface area contributed by atoms with Gasteiger partial charge < -0.3 is 5.32 Å². The van der Waals surface area contributed by atoms with E-state index in [4.69, 9.17) is 0 Å². The molecule has 2 atom stereocenters. The summed E-state index contributed by atoms with van der Waals surface area (Å²) in [6, 6.07) is 5.83. The molecule has 3 amide bonds. The van der Waals surface area contributed by atoms with Crippen molar-refractivity contribution < 1.29 is 14.4 Å². The third kappa shape index (κ3) is 3.25. The van der Waals surface area contributed by atoms with E-state index in [1.54, 1.807) is 0 Å². The monoisotopic (exact) mass is 326 g/mol. The van der Waals surface area contributed by atoms with E-state index < -0.39 is 0 Å². The molecular weight excluding hydrogens is 304 g/mol. The van der Waals surface area contributed by atoms with Crippen molar-refractivity contribution in [3.63, 3.8) is 0 Å². The molecule has 24 heavy (non-hydrogen) atoms. The Balaban J connectivity index is 1.58. The van der Waals surface area contributed by atoms with Gasteiger partial charge in [-0.1, -0.05) is 18.2 Å². The van der Waals surface area contributed by atoms with Crippen molar-refractivity contribution in [3.05, 3.63) is 41.5 Å². The van der Waals surface area contributed by atoms with Crippen LogP contribution in [0.4, 0.5) is 5.69 Å². The number of likely N-dealkylation sites (tertiary alicyclic amines) is 1. The largest absolute Gasteiger partial charge is 0.326 e. The predicted molar refractivity (Wildman–Crippen MR) is 91.2 cm³/mol. The third-order valence-electron chi connectivity index (χ3n) is 4.67. The SMILES string of the molecule is Cc1cc(C)cc(NC(=O)CCN2C(=O)[C@H]3CC=CC[C@H]3C2=O)c1. The van der Waals surface area contributed by atoms with Gasteiger partial charge in [0, 0.05) is 18.7 Å². The molecule has 1 heterocycles. The lowest BCUT2D eigenvalue weighted by molar-refractivity contribution is -0.140. The molecule has 1 saturated heterocycles. The second-order valence-electron chi connectivity index (χ2n) is 6.66. The number of aryl methyl sites for hydroxylation is 2. The smallest absolute Gasteiger partial charge is 0.233 e. The number of carbonyl (C=O) groups is 3. The number of allylic oxidation sites excluding steroid dienone is 2. The lowest BCUT2D eigenvalue weighted by Gasteiger charge is -2.14. The maximum absolute atomic E-state index is 12.3. The van der Waals surface area contributed by atoms with Crippen molar-refractivity contribution in [1.29, 1.82) is 0 Å². The van der Waals surface area contributed by atoms with Gasteiger partial charge in [0.1, 0.15) is 0 Å². The molecule has 1 aromatic carbocycles. The summed E-state index contributed by atoms with van der Waals surface area (Å²) < 4.78 is 0. The number of fused-ring (bicyclic) bond motifs is 1. The van der Waals surface area contributed by atoms with Crippen molar-refractivity contribution >= 4 is 23.4 Å². The second kappa shape index (κ2) is 6.59. The minimum atomic E-state index is -0.231. The summed E-state index contributed by atoms with van der Waals surface area (Å²) >= 11 is 0. The molecule has 0 aromatic heterocycles. The van der Waals surface area contributed by atoms with Crippen LogP contribution in [0.1, 0.15) is 30.4 Å². The predicted octanol–water partition coefficient (Wildman–Crippen LogP) is 2.58. The van der Waals surface area contributed by atoms with Crippen LogP contribution in [-0.4, -0.2) is 29.2 Å². The fourth-order valence-corrected chi connectivity index (χ4v) is 3.57. The molecular formula is C19H22N2O3. The summed E-state index contributed by atoms with van der Waals surface area (Å²) in [6.07, 6.45) is 5.30. The number of rotatable bonds is 4. The standard InChI is InChI=1S/C19H22N2O3/c1-12-9-13(2)11-14(10-12)20-17(22)7-8-21-18(23)15-5-3-4-6-16(15)19(21)24/h3-4,9-11,15-16H,5-8H2,1-2H3,(H,20,22)/t15-,16+. The first-order chi connectivity index (χ1) is 11.5. The zero-order valence-corrected chi connectivity index (χ0v) is 14.0. The van der Waals surface area contributed by atoms with Crippen LogP contribution in [0.5, 0.6) is 0 Å². The zero-order chi connectivity index (χ0) is 17.3. The Kier molecular flexibility index (Phi) is 4.51. The average molecular weight is 326 g/mol. The fraction of sp³-hybridized carbons (Fsp3) is 0.421. The maximum Gasteiger partial charge on any atom is 0.233 e. The Morgan fingerprint density at radius 3 is 2.12 bits per heavy atom. The van der Waals surface area contributed by atoms with Crippen LogP contribution in [0.15, 0.2) is 30.4 Å². The number of hydrogen-bond acceptors (Lipinski definition) is 3. The van der Waals surface area contributed by atoms with E-state index in [2.05, 4.69) is 5.32 Å². The summed E-state index contributed by atoms with van der Waals surface area (Å²) in [5.41, 5.74) is 2.90. The molecule has 1 N–H and O–H groups in total. The second-order valence-corrected chi connectivity index (χ2v) is 6.66. The molecule has 1 aliphatic carbocycles. The van der Waals surface area contributed by atoms with Crippen molar-refractivity contribution in [1.82, 2.24) is 4.90 Å². The number of amides is 3. The molecule has 1 aliphatic heterocycles. The van der Waals surface area contributed by atoms with Gasteiger partial charge in [0.2, 0.25) is 17.7 Å². The van der Waals surface area contributed by atoms with Crippen LogP contribution < -0.4 is 5.32 Å². The first-order valence-electron chi connectivity index (χ1n) is 8.34. The summed E-state index contributed by atoms with van der Waals surface area (Å²) in [5.74, 6) is -0.911. The molecule has 0 bridgehead atoms. The normalized spacial score (nSPS) is 22.7. The quantitative estimate of drug-likeness (QED) is 0.683. The fourth-order valence-electron chi connectivity index (χ4n) is 3.57. The van der Waals surface area contributed by atoms with Gasteiger partial charge in [-0.3, -0.25) is 19.3 Å². The number of hydrogen-bond donors (Lipinski definition) is 1. The van der Waals surface area contributed by atoms with Crippen molar-refractivity contribution in [2.45, 2.75) is 33.1 Å². The maximum atomic E-state index is 12.3. The van der Waals surface area contributed by atoms with Gasteiger partial charge in [-0.05, 0) is 49.9 Å². The zero-order valence-electron chi connectivity index (χ0n) is 14.0. The van der Waals surface area contributed by atoms with Crippen molar-refractivity contribution in [2.24, 2.45) is 11.8 Å². The van der Waals surface area contributed by atoms with E-state index in [1.807, 2.05) is 44.2 Å². The molecule has 0 spiro atoms. The molecule has 2 aliphatic rings. The lowest BCUT2D eigenvalue weighted by atomic mass is 9.85. The number of imide groups is 1. The molecule has 0 unspecified atom stereocenters. The van der Waals surface area contributed by atoms with Gasteiger partial charge in [0.25, 0.3) is 0 Å². The van der Waals surface area contributed by atoms with E-state index in [9.17, 15) is 14.4 Å². The van der Waals surface area contributed by atoms with Gasteiger partial charge in [-0.2, -0.15) is 0 Å². The van der Waals surface area contributed by atoms with Crippen molar-refractivity contribution in [3.8, 4) is 0 Å². The molecule has 5 heteroatoms. The molecule has 1 fully saturated rings. The third-order valence-corrected chi connectivity index (χ3v) is 4.67. The summed E-state index contributed by atoms with van der Waals surface area (Å²) in [6.45, 7) is 4.10. The molecule has 5 nitrogen and oxygen atoms in total. The minimum absolute atomic E-state index is 0.122. The molecule has 1 aromatic rings. The number of nitrogens with one attached hydrogen (secondary N) is 1. The first kappa shape index (κ1) is 16.4. The highest BCUT2D eigenvalue weighted by atomic mass is 16.2. The van der Waals surface area contributed by atoms with Crippen molar-refractivity contribution in [2.75, 3.05) is 11.9 Å². The Morgan fingerprint density at radius 1 is 1.04 bits per heavy atom. The van der Waals surface area contributed by atoms with Gasteiger partial charge in [0.05, 0.1) is 11.8 Å². The van der Waals surface area contributed by atoms with Crippen LogP contribution in [0.2, 0.25) is 0 Å². The average Bonchev–Trinajstić information content (AvgIpc) is 2.76. The van der Waals surface area contributed by atoms with Crippen LogP contribution in [0.25, 0.3) is 0 Å². The number of anilines is 1. The van der Waals surface area contributed by atoms with Gasteiger partial charge >= 0.3 is 0 Å². The lowest BCUT2D eigenvalue weighted by Crippen LogP contribution is -2.34. The van der Waals surface area contributed by atoms with E-state index in [-0.39, 0.29) is 42.5 Å². The van der Waals surface area contributed by atoms with E-state index in [0.29, 0.717) is 12.8 Å². The Hall–Kier alpha value is -2.43. The van der Waals surface area contributed by atoms with Gasteiger partial charge in [-0.15, -0.1) is 0 Å². The van der Waals surface area contributed by atoms with Crippen LogP contribution in [-0.2, 0) is 14.4 Å². The van der Waals surface area contributed by atoms with E-state index in [1.165, 1.54) is 4.90 Å². The topological polar surface area (TPSA) is 66.5 Å². The van der Waals surface area contributed by atoms with Crippen LogP contribution >= 0.6 is 0 Å². The Bertz CT molecular complexity index is 677. The number of nitrogens with zero attached hydrogens (tertiary/aromatic N) is 1. The van der Waals surface area contributed by atoms with E-state index >= 15 is 0 Å². The number of carbonyl (C=O) groups excluding carboxylic acids is 3. The molecule has 126 valence electrons. The van der Waals surface area contributed by atoms with Crippen LogP contribution in [0.3, 0.4) is 0 Å². The van der Waals surface area contributed by atoms with Gasteiger partial charge in [-0.25, -0.2) is 0 Å². The van der Waals surface area contributed by atoms with Crippen LogP contribution in [0, 0.1) is 25.7 Å². The molecule has 3 rings (SSSR count). The number of benzene rings is 1. The summed E-state index contributed by atoms with van der Waals surface area (Å²) in [4.78, 5) is 38.1. The summed E-state index contributed by atoms with van der Waals surface area (Å²) in [7, 11) is 0. The highest BCUT2D eigenvalue weighted by molar-refractivity contribution is 6.05. The Labute approximate surface area is 141 Å². The first-order valence-corrected chi connectivity index (χ1v) is 8.34. The molecule has 0 radical (unpaired) electrons. The summed E-state index contributed by atoms with van der Waals surface area (Å²) in [5, 5.41) is 2.84. The minimum Gasteiger partial charge on any atom is -0.326 e.